The van der Waals surface area contributed by atoms with Gasteiger partial charge >= 0.3 is 0 Å². The molecule has 174 valence electrons. The minimum Gasteiger partial charge on any atom is -0.506 e. The highest BCUT2D eigenvalue weighted by atomic mass is 32.1. The smallest absolute Gasteiger partial charge is 0.257 e. The third-order valence-corrected chi connectivity index (χ3v) is 6.87. The summed E-state index contributed by atoms with van der Waals surface area (Å²) in [5.74, 6) is 0.729. The van der Waals surface area contributed by atoms with E-state index >= 15 is 0 Å². The number of benzene rings is 1. The summed E-state index contributed by atoms with van der Waals surface area (Å²) in [7, 11) is 0. The predicted molar refractivity (Wildman–Crippen MR) is 133 cm³/mol. The van der Waals surface area contributed by atoms with Gasteiger partial charge in [-0.1, -0.05) is 32.0 Å². The summed E-state index contributed by atoms with van der Waals surface area (Å²) < 4.78 is 1.69. The second kappa shape index (κ2) is 9.26. The van der Waals surface area contributed by atoms with Gasteiger partial charge in [-0.15, -0.1) is 11.3 Å². The van der Waals surface area contributed by atoms with Gasteiger partial charge in [-0.05, 0) is 35.6 Å². The highest BCUT2D eigenvalue weighted by Crippen LogP contribution is 2.29. The number of amides is 1. The van der Waals surface area contributed by atoms with Crippen LogP contribution in [0.1, 0.15) is 35.8 Å². The van der Waals surface area contributed by atoms with Gasteiger partial charge in [0.25, 0.3) is 11.9 Å². The molecule has 3 aromatic heterocycles. The molecule has 0 aliphatic carbocycles. The summed E-state index contributed by atoms with van der Waals surface area (Å²) >= 11 is 1.62. The summed E-state index contributed by atoms with van der Waals surface area (Å²) in [6, 6.07) is 13.2. The standard InChI is InChI=1S/C25H26N6O2S/c1-17(2)23-18(16-27-31(23)25-26-10-9-19(28-25)22-8-5-15-34-22)24(33)30-13-11-29(12-14-30)20-6-3-4-7-21(20)32/h3-10,15-17,32H,11-14H2,1-2H3. The van der Waals surface area contributed by atoms with E-state index in [0.29, 0.717) is 37.7 Å². The fourth-order valence-electron chi connectivity index (χ4n) is 4.30. The molecule has 0 radical (unpaired) electrons. The Morgan fingerprint density at radius 2 is 1.85 bits per heavy atom. The fraction of sp³-hybridized carbons (Fsp3) is 0.280. The molecule has 1 aliphatic heterocycles. The van der Waals surface area contributed by atoms with Crippen LogP contribution >= 0.6 is 11.3 Å². The Labute approximate surface area is 202 Å². The van der Waals surface area contributed by atoms with Crippen LogP contribution in [0.4, 0.5) is 5.69 Å². The fourth-order valence-corrected chi connectivity index (χ4v) is 5.00. The topological polar surface area (TPSA) is 87.4 Å². The first kappa shape index (κ1) is 22.1. The van der Waals surface area contributed by atoms with Crippen molar-refractivity contribution in [1.29, 1.82) is 0 Å². The second-order valence-electron chi connectivity index (χ2n) is 8.50. The van der Waals surface area contributed by atoms with E-state index in [1.807, 2.05) is 60.5 Å². The lowest BCUT2D eigenvalue weighted by molar-refractivity contribution is 0.0745. The molecule has 4 heterocycles. The maximum atomic E-state index is 13.5. The lowest BCUT2D eigenvalue weighted by atomic mass is 10.0. The highest BCUT2D eigenvalue weighted by molar-refractivity contribution is 7.13. The number of nitrogens with zero attached hydrogens (tertiary/aromatic N) is 6. The number of para-hydroxylation sites is 2. The minimum absolute atomic E-state index is 0.0405. The first-order chi connectivity index (χ1) is 16.5. The van der Waals surface area contributed by atoms with Gasteiger partial charge in [0.1, 0.15) is 5.75 Å². The van der Waals surface area contributed by atoms with E-state index < -0.39 is 0 Å². The van der Waals surface area contributed by atoms with E-state index in [0.717, 1.165) is 22.0 Å². The molecule has 0 spiro atoms. The van der Waals surface area contributed by atoms with Crippen LogP contribution in [0.3, 0.4) is 0 Å². The number of hydrogen-bond acceptors (Lipinski definition) is 7. The van der Waals surface area contributed by atoms with E-state index in [4.69, 9.17) is 4.98 Å². The third kappa shape index (κ3) is 4.14. The summed E-state index contributed by atoms with van der Waals surface area (Å²) in [6.45, 7) is 6.54. The van der Waals surface area contributed by atoms with Crippen LogP contribution in [-0.2, 0) is 0 Å². The van der Waals surface area contributed by atoms with E-state index in [1.54, 1.807) is 34.5 Å². The van der Waals surface area contributed by atoms with Crippen LogP contribution < -0.4 is 4.90 Å². The van der Waals surface area contributed by atoms with Gasteiger partial charge in [0.2, 0.25) is 0 Å². The van der Waals surface area contributed by atoms with Gasteiger partial charge in [0.05, 0.1) is 33.7 Å². The number of aromatic hydroxyl groups is 1. The molecule has 9 heteroatoms. The predicted octanol–water partition coefficient (Wildman–Crippen LogP) is 4.18. The highest BCUT2D eigenvalue weighted by Gasteiger charge is 2.28. The number of phenolic OH excluding ortho intramolecular Hbond substituents is 1. The van der Waals surface area contributed by atoms with E-state index in [1.165, 1.54) is 0 Å². The number of phenols is 1. The molecule has 4 aromatic rings. The molecule has 1 aliphatic rings. The van der Waals surface area contributed by atoms with Crippen molar-refractivity contribution in [3.63, 3.8) is 0 Å². The lowest BCUT2D eigenvalue weighted by Crippen LogP contribution is -2.49. The normalized spacial score (nSPS) is 14.1. The minimum atomic E-state index is -0.0405. The van der Waals surface area contributed by atoms with E-state index in [9.17, 15) is 9.90 Å². The van der Waals surface area contributed by atoms with Crippen LogP contribution in [-0.4, -0.2) is 61.8 Å². The summed E-state index contributed by atoms with van der Waals surface area (Å²) in [5, 5.41) is 16.7. The van der Waals surface area contributed by atoms with E-state index in [-0.39, 0.29) is 17.6 Å². The van der Waals surface area contributed by atoms with E-state index in [2.05, 4.69) is 15.0 Å². The SMILES string of the molecule is CC(C)c1c(C(=O)N2CCN(c3ccccc3O)CC2)cnn1-c1nccc(-c2cccs2)n1. The molecule has 0 bridgehead atoms. The Morgan fingerprint density at radius 3 is 2.56 bits per heavy atom. The first-order valence-corrected chi connectivity index (χ1v) is 12.2. The van der Waals surface area contributed by atoms with Crippen molar-refractivity contribution in [2.24, 2.45) is 0 Å². The largest absolute Gasteiger partial charge is 0.506 e. The molecular weight excluding hydrogens is 448 g/mol. The van der Waals surface area contributed by atoms with Crippen molar-refractivity contribution in [2.75, 3.05) is 31.1 Å². The molecule has 1 N–H and O–H groups in total. The van der Waals surface area contributed by atoms with Crippen molar-refractivity contribution < 1.29 is 9.90 Å². The molecule has 1 amide bonds. The molecule has 34 heavy (non-hydrogen) atoms. The maximum absolute atomic E-state index is 13.5. The van der Waals surface area contributed by atoms with Crippen molar-refractivity contribution in [3.05, 3.63) is 71.5 Å². The molecule has 0 unspecified atom stereocenters. The Morgan fingerprint density at radius 1 is 1.06 bits per heavy atom. The van der Waals surface area contributed by atoms with Gasteiger partial charge < -0.3 is 14.9 Å². The van der Waals surface area contributed by atoms with Crippen molar-refractivity contribution in [3.8, 4) is 22.3 Å². The molecule has 0 saturated carbocycles. The Kier molecular flexibility index (Phi) is 6.02. The Bertz CT molecular complexity index is 1290. The molecule has 1 saturated heterocycles. The van der Waals surface area contributed by atoms with Gasteiger partial charge in [-0.2, -0.15) is 5.10 Å². The molecule has 8 nitrogen and oxygen atoms in total. The number of thiophene rings is 1. The van der Waals surface area contributed by atoms with Crippen molar-refractivity contribution in [1.82, 2.24) is 24.6 Å². The maximum Gasteiger partial charge on any atom is 0.257 e. The molecule has 1 fully saturated rings. The number of carbonyl (C=O) groups excluding carboxylic acids is 1. The van der Waals surface area contributed by atoms with Crippen molar-refractivity contribution in [2.45, 2.75) is 19.8 Å². The first-order valence-electron chi connectivity index (χ1n) is 11.3. The van der Waals surface area contributed by atoms with Gasteiger partial charge in [0, 0.05) is 32.4 Å². The molecule has 0 atom stereocenters. The monoisotopic (exact) mass is 474 g/mol. The zero-order chi connectivity index (χ0) is 23.7. The van der Waals surface area contributed by atoms with Gasteiger partial charge in [-0.25, -0.2) is 14.6 Å². The molecule has 1 aromatic carbocycles. The lowest BCUT2D eigenvalue weighted by Gasteiger charge is -2.36. The van der Waals surface area contributed by atoms with Gasteiger partial charge in [0.15, 0.2) is 0 Å². The summed E-state index contributed by atoms with van der Waals surface area (Å²) in [6.07, 6.45) is 3.36. The van der Waals surface area contributed by atoms with Crippen LogP contribution in [0.25, 0.3) is 16.5 Å². The quantitative estimate of drug-likeness (QED) is 0.467. The zero-order valence-corrected chi connectivity index (χ0v) is 19.9. The number of anilines is 1. The molecule has 5 rings (SSSR count). The Hall–Kier alpha value is -3.72. The average molecular weight is 475 g/mol. The number of piperazine rings is 1. The summed E-state index contributed by atoms with van der Waals surface area (Å²) in [4.78, 5) is 27.7. The number of aromatic nitrogens is 4. The number of hydrogen-bond donors (Lipinski definition) is 1. The number of rotatable bonds is 5. The molecular formula is C25H26N6O2S. The second-order valence-corrected chi connectivity index (χ2v) is 9.44. The average Bonchev–Trinajstić information content (AvgIpc) is 3.55. The summed E-state index contributed by atoms with van der Waals surface area (Å²) in [5.41, 5.74) is 3.01. The van der Waals surface area contributed by atoms with Crippen LogP contribution in [0.5, 0.6) is 5.75 Å². The van der Waals surface area contributed by atoms with Crippen molar-refractivity contribution >= 4 is 22.9 Å². The number of carbonyl (C=O) groups is 1. The zero-order valence-electron chi connectivity index (χ0n) is 19.1. The Balaban J connectivity index is 1.39. The third-order valence-electron chi connectivity index (χ3n) is 5.98. The van der Waals surface area contributed by atoms with Gasteiger partial charge in [-0.3, -0.25) is 4.79 Å². The van der Waals surface area contributed by atoms with Crippen LogP contribution in [0.2, 0.25) is 0 Å². The van der Waals surface area contributed by atoms with Crippen LogP contribution in [0, 0.1) is 0 Å². The van der Waals surface area contributed by atoms with Crippen LogP contribution in [0.15, 0.2) is 60.2 Å².